The van der Waals surface area contributed by atoms with Crippen molar-refractivity contribution in [2.45, 2.75) is 13.1 Å². The van der Waals surface area contributed by atoms with Crippen LogP contribution in [0.5, 0.6) is 0 Å². The summed E-state index contributed by atoms with van der Waals surface area (Å²) in [6.45, 7) is 2.55. The molecule has 0 amide bonds. The maximum absolute atomic E-state index is 5.91. The van der Waals surface area contributed by atoms with E-state index in [9.17, 15) is 0 Å². The predicted molar refractivity (Wildman–Crippen MR) is 95.0 cm³/mol. The fourth-order valence-electron chi connectivity index (χ4n) is 2.03. The Balaban J connectivity index is 0.00000220. The number of rotatable bonds is 6. The highest BCUT2D eigenvalue weighted by atomic mass is 35.5. The van der Waals surface area contributed by atoms with Crippen LogP contribution in [0.15, 0.2) is 48.5 Å². The number of nitrogens with zero attached hydrogens (tertiary/aromatic N) is 1. The lowest BCUT2D eigenvalue weighted by Gasteiger charge is -2.21. The van der Waals surface area contributed by atoms with Crippen LogP contribution >= 0.6 is 47.2 Å². The molecule has 0 radical (unpaired) electrons. The Bertz CT molecular complexity index is 477. The van der Waals surface area contributed by atoms with Crippen molar-refractivity contribution in [1.82, 2.24) is 4.90 Å². The molecule has 0 saturated carbocycles. The monoisotopic (exact) mass is 363 g/mol. The van der Waals surface area contributed by atoms with E-state index in [1.165, 1.54) is 11.1 Å². The molecule has 0 spiro atoms. The summed E-state index contributed by atoms with van der Waals surface area (Å²) < 4.78 is 0. The van der Waals surface area contributed by atoms with Crippen molar-refractivity contribution in [3.05, 3.63) is 69.7 Å². The molecule has 0 saturated heterocycles. The molecule has 21 heavy (non-hydrogen) atoms. The van der Waals surface area contributed by atoms with E-state index >= 15 is 0 Å². The van der Waals surface area contributed by atoms with Crippen LogP contribution in [0.4, 0.5) is 0 Å². The number of hydrogen-bond acceptors (Lipinski definition) is 1. The van der Waals surface area contributed by atoms with Crippen molar-refractivity contribution < 1.29 is 0 Å². The lowest BCUT2D eigenvalue weighted by molar-refractivity contribution is 0.273. The van der Waals surface area contributed by atoms with Gasteiger partial charge in [-0.15, -0.1) is 24.0 Å². The predicted octanol–water partition coefficient (Wildman–Crippen LogP) is 5.66. The summed E-state index contributed by atoms with van der Waals surface area (Å²) in [6, 6.07) is 15.8. The molecule has 2 aromatic rings. The van der Waals surface area contributed by atoms with Gasteiger partial charge in [-0.25, -0.2) is 0 Å². The van der Waals surface area contributed by atoms with Crippen LogP contribution in [-0.4, -0.2) is 17.3 Å². The Morgan fingerprint density at radius 2 is 1.10 bits per heavy atom. The first-order chi connectivity index (χ1) is 9.67. The fourth-order valence-corrected chi connectivity index (χ4v) is 2.52. The SMILES string of the molecule is Cl.ClCCN(Cc1ccc(Cl)cc1)Cc1ccc(Cl)cc1. The van der Waals surface area contributed by atoms with Gasteiger partial charge >= 0.3 is 0 Å². The van der Waals surface area contributed by atoms with Crippen LogP contribution in [0, 0.1) is 0 Å². The van der Waals surface area contributed by atoms with Crippen molar-refractivity contribution in [3.63, 3.8) is 0 Å². The third kappa shape index (κ3) is 6.46. The van der Waals surface area contributed by atoms with E-state index in [4.69, 9.17) is 34.8 Å². The Labute approximate surface area is 147 Å². The van der Waals surface area contributed by atoms with Gasteiger partial charge in [0, 0.05) is 35.6 Å². The topological polar surface area (TPSA) is 3.24 Å². The van der Waals surface area contributed by atoms with Crippen LogP contribution < -0.4 is 0 Å². The molecule has 2 aromatic carbocycles. The molecule has 5 heteroatoms. The second-order valence-electron chi connectivity index (χ2n) is 4.65. The van der Waals surface area contributed by atoms with Crippen molar-refractivity contribution in [3.8, 4) is 0 Å². The van der Waals surface area contributed by atoms with E-state index in [1.54, 1.807) is 0 Å². The van der Waals surface area contributed by atoms with E-state index in [1.807, 2.05) is 48.5 Å². The first-order valence-electron chi connectivity index (χ1n) is 6.44. The first kappa shape index (κ1) is 18.6. The highest BCUT2D eigenvalue weighted by Crippen LogP contribution is 2.15. The first-order valence-corrected chi connectivity index (χ1v) is 7.73. The second-order valence-corrected chi connectivity index (χ2v) is 5.90. The molecular formula is C16H17Cl4N. The van der Waals surface area contributed by atoms with Crippen LogP contribution in [0.1, 0.15) is 11.1 Å². The highest BCUT2D eigenvalue weighted by molar-refractivity contribution is 6.30. The second kappa shape index (κ2) is 9.55. The van der Waals surface area contributed by atoms with Gasteiger partial charge in [0.1, 0.15) is 0 Å². The summed E-state index contributed by atoms with van der Waals surface area (Å²) in [7, 11) is 0. The Hall–Kier alpha value is -0.440. The van der Waals surface area contributed by atoms with Gasteiger partial charge in [-0.05, 0) is 35.4 Å². The van der Waals surface area contributed by atoms with Crippen molar-refractivity contribution in [2.24, 2.45) is 0 Å². The molecular weight excluding hydrogens is 348 g/mol. The minimum Gasteiger partial charge on any atom is -0.294 e. The molecule has 1 nitrogen and oxygen atoms in total. The molecule has 0 N–H and O–H groups in total. The molecule has 0 heterocycles. The number of benzene rings is 2. The van der Waals surface area contributed by atoms with E-state index < -0.39 is 0 Å². The zero-order valence-corrected chi connectivity index (χ0v) is 14.5. The van der Waals surface area contributed by atoms with Gasteiger partial charge < -0.3 is 0 Å². The van der Waals surface area contributed by atoms with Gasteiger partial charge in [-0.1, -0.05) is 47.5 Å². The summed E-state index contributed by atoms with van der Waals surface area (Å²) in [5, 5.41) is 1.52. The lowest BCUT2D eigenvalue weighted by atomic mass is 10.1. The Morgan fingerprint density at radius 1 is 0.714 bits per heavy atom. The van der Waals surface area contributed by atoms with Crippen LogP contribution in [0.2, 0.25) is 10.0 Å². The molecule has 0 fully saturated rings. The lowest BCUT2D eigenvalue weighted by Crippen LogP contribution is -2.24. The molecule has 0 aliphatic rings. The smallest absolute Gasteiger partial charge is 0.0406 e. The summed E-state index contributed by atoms with van der Waals surface area (Å²) >= 11 is 17.7. The zero-order valence-electron chi connectivity index (χ0n) is 11.4. The van der Waals surface area contributed by atoms with Crippen LogP contribution in [0.3, 0.4) is 0 Å². The van der Waals surface area contributed by atoms with E-state index in [-0.39, 0.29) is 12.4 Å². The van der Waals surface area contributed by atoms with E-state index in [0.29, 0.717) is 5.88 Å². The number of alkyl halides is 1. The van der Waals surface area contributed by atoms with Gasteiger partial charge in [0.2, 0.25) is 0 Å². The maximum atomic E-state index is 5.91. The minimum absolute atomic E-state index is 0. The molecule has 0 aliphatic heterocycles. The van der Waals surface area contributed by atoms with Crippen LogP contribution in [0.25, 0.3) is 0 Å². The molecule has 0 aliphatic carbocycles. The molecule has 0 bridgehead atoms. The number of hydrogen-bond donors (Lipinski definition) is 0. The largest absolute Gasteiger partial charge is 0.294 e. The summed E-state index contributed by atoms with van der Waals surface area (Å²) in [5.74, 6) is 0.612. The third-order valence-corrected chi connectivity index (χ3v) is 3.71. The Kier molecular flexibility index (Phi) is 8.46. The van der Waals surface area contributed by atoms with Gasteiger partial charge in [0.25, 0.3) is 0 Å². The minimum atomic E-state index is 0. The molecule has 0 atom stereocenters. The van der Waals surface area contributed by atoms with Gasteiger partial charge in [-0.3, -0.25) is 4.90 Å². The number of halogens is 4. The Morgan fingerprint density at radius 3 is 1.43 bits per heavy atom. The van der Waals surface area contributed by atoms with Gasteiger partial charge in [0.15, 0.2) is 0 Å². The maximum Gasteiger partial charge on any atom is 0.0406 e. The quantitative estimate of drug-likeness (QED) is 0.598. The third-order valence-electron chi connectivity index (χ3n) is 3.04. The van der Waals surface area contributed by atoms with Crippen molar-refractivity contribution in [2.75, 3.05) is 12.4 Å². The van der Waals surface area contributed by atoms with Crippen molar-refractivity contribution >= 4 is 47.2 Å². The summed E-state index contributed by atoms with van der Waals surface area (Å²) in [5.41, 5.74) is 2.46. The van der Waals surface area contributed by atoms with Crippen LogP contribution in [-0.2, 0) is 13.1 Å². The summed E-state index contributed by atoms with van der Waals surface area (Å²) in [4.78, 5) is 2.31. The standard InChI is InChI=1S/C16H16Cl3N.ClH/c17-9-10-20(11-13-1-5-15(18)6-2-13)12-14-3-7-16(19)8-4-14;/h1-8H,9-12H2;1H. The normalized spacial score (nSPS) is 10.5. The zero-order chi connectivity index (χ0) is 14.4. The molecule has 0 aromatic heterocycles. The summed E-state index contributed by atoms with van der Waals surface area (Å²) in [6.07, 6.45) is 0. The molecule has 0 unspecified atom stereocenters. The average molecular weight is 365 g/mol. The van der Waals surface area contributed by atoms with E-state index in [0.717, 1.165) is 29.7 Å². The molecule has 114 valence electrons. The van der Waals surface area contributed by atoms with Crippen molar-refractivity contribution in [1.29, 1.82) is 0 Å². The highest BCUT2D eigenvalue weighted by Gasteiger charge is 2.07. The fraction of sp³-hybridized carbons (Fsp3) is 0.250. The average Bonchev–Trinajstić information content (AvgIpc) is 2.44. The molecule has 2 rings (SSSR count). The van der Waals surface area contributed by atoms with Gasteiger partial charge in [-0.2, -0.15) is 0 Å². The van der Waals surface area contributed by atoms with E-state index in [2.05, 4.69) is 4.90 Å². The van der Waals surface area contributed by atoms with Gasteiger partial charge in [0.05, 0.1) is 0 Å².